The molecule has 0 bridgehead atoms. The Balaban J connectivity index is 2.61. The second-order valence-corrected chi connectivity index (χ2v) is 8.05. The van der Waals surface area contributed by atoms with Crippen LogP contribution >= 0.6 is 0 Å². The highest BCUT2D eigenvalue weighted by atomic mass is 32.2. The molecule has 0 radical (unpaired) electrons. The molecule has 0 aliphatic heterocycles. The van der Waals surface area contributed by atoms with Crippen LogP contribution in [-0.4, -0.2) is 17.6 Å². The zero-order chi connectivity index (χ0) is 18.3. The average molecular weight is 352 g/mol. The zero-order valence-corrected chi connectivity index (χ0v) is 15.0. The third-order valence-corrected chi connectivity index (χ3v) is 4.80. The van der Waals surface area contributed by atoms with Gasteiger partial charge < -0.3 is 8.75 Å². The number of hydrogen-bond donors (Lipinski definition) is 0. The largest absolute Gasteiger partial charge is 0.378 e. The lowest BCUT2D eigenvalue weighted by Gasteiger charge is -2.22. The van der Waals surface area contributed by atoms with Crippen molar-refractivity contribution in [2.45, 2.75) is 31.1 Å². The van der Waals surface area contributed by atoms with Gasteiger partial charge in [0.2, 0.25) is 0 Å². The number of aryl methyl sites for hydroxylation is 1. The molecule has 0 amide bonds. The molecule has 130 valence electrons. The maximum Gasteiger partial charge on any atom is 0.346 e. The van der Waals surface area contributed by atoms with Gasteiger partial charge in [-0.25, -0.2) is 4.79 Å². The van der Waals surface area contributed by atoms with Crippen LogP contribution in [0.5, 0.6) is 5.75 Å². The molecule has 0 spiro atoms. The minimum Gasteiger partial charge on any atom is -0.378 e. The smallest absolute Gasteiger partial charge is 0.346 e. The van der Waals surface area contributed by atoms with Crippen molar-refractivity contribution in [3.63, 3.8) is 0 Å². The van der Waals surface area contributed by atoms with Gasteiger partial charge >= 0.3 is 15.8 Å². The third kappa shape index (κ3) is 3.28. The van der Waals surface area contributed by atoms with Crippen LogP contribution in [0.25, 0.3) is 0 Å². The Bertz CT molecular complexity index is 994. The summed E-state index contributed by atoms with van der Waals surface area (Å²) in [5.74, 6) is 0.154. The molecule has 2 aromatic rings. The SMILES string of the molecule is Cn1cc(S(=O)(=O)Oc2ccccc2C(C)(C)C)c(=O)n(C)c1=O. The molecule has 0 saturated carbocycles. The first kappa shape index (κ1) is 18.0. The number of para-hydroxylation sites is 1. The summed E-state index contributed by atoms with van der Waals surface area (Å²) in [6, 6.07) is 6.73. The van der Waals surface area contributed by atoms with E-state index in [2.05, 4.69) is 0 Å². The van der Waals surface area contributed by atoms with Gasteiger partial charge in [0, 0.05) is 25.9 Å². The van der Waals surface area contributed by atoms with Gasteiger partial charge in [0.1, 0.15) is 5.75 Å². The summed E-state index contributed by atoms with van der Waals surface area (Å²) in [5.41, 5.74) is -1.20. The summed E-state index contributed by atoms with van der Waals surface area (Å²) in [4.78, 5) is 23.3. The van der Waals surface area contributed by atoms with Crippen molar-refractivity contribution in [3.05, 3.63) is 56.9 Å². The van der Waals surface area contributed by atoms with E-state index in [0.717, 1.165) is 15.3 Å². The Morgan fingerprint density at radius 2 is 1.62 bits per heavy atom. The molecule has 0 N–H and O–H groups in total. The summed E-state index contributed by atoms with van der Waals surface area (Å²) < 4.78 is 32.1. The van der Waals surface area contributed by atoms with E-state index in [9.17, 15) is 18.0 Å². The predicted octanol–water partition coefficient (Wildman–Crippen LogP) is 1.15. The van der Waals surface area contributed by atoms with Crippen molar-refractivity contribution in [2.24, 2.45) is 14.1 Å². The molecular weight excluding hydrogens is 332 g/mol. The number of rotatable bonds is 3. The Hall–Kier alpha value is -2.35. The maximum absolute atomic E-state index is 12.6. The van der Waals surface area contributed by atoms with Gasteiger partial charge in [-0.2, -0.15) is 8.42 Å². The summed E-state index contributed by atoms with van der Waals surface area (Å²) in [7, 11) is -1.80. The Kier molecular flexibility index (Phi) is 4.45. The van der Waals surface area contributed by atoms with E-state index in [-0.39, 0.29) is 11.2 Å². The van der Waals surface area contributed by atoms with Crippen LogP contribution in [0.1, 0.15) is 26.3 Å². The van der Waals surface area contributed by atoms with Gasteiger partial charge in [-0.3, -0.25) is 9.36 Å². The van der Waals surface area contributed by atoms with E-state index in [1.165, 1.54) is 20.2 Å². The van der Waals surface area contributed by atoms with E-state index in [4.69, 9.17) is 4.18 Å². The highest BCUT2D eigenvalue weighted by Gasteiger charge is 2.27. The first-order valence-corrected chi connectivity index (χ1v) is 8.66. The van der Waals surface area contributed by atoms with E-state index in [1.807, 2.05) is 20.8 Å². The summed E-state index contributed by atoms with van der Waals surface area (Å²) in [5, 5.41) is 0. The molecule has 8 heteroatoms. The summed E-state index contributed by atoms with van der Waals surface area (Å²) >= 11 is 0. The van der Waals surface area contributed by atoms with Crippen molar-refractivity contribution in [3.8, 4) is 5.75 Å². The minimum atomic E-state index is -4.38. The van der Waals surface area contributed by atoms with E-state index in [0.29, 0.717) is 5.56 Å². The van der Waals surface area contributed by atoms with Crippen molar-refractivity contribution in [1.82, 2.24) is 9.13 Å². The monoisotopic (exact) mass is 352 g/mol. The topological polar surface area (TPSA) is 87.4 Å². The lowest BCUT2D eigenvalue weighted by molar-refractivity contribution is 0.466. The molecule has 24 heavy (non-hydrogen) atoms. The molecule has 2 rings (SSSR count). The molecule has 0 aliphatic carbocycles. The predicted molar refractivity (Wildman–Crippen MR) is 89.9 cm³/mol. The van der Waals surface area contributed by atoms with E-state index < -0.39 is 26.3 Å². The zero-order valence-electron chi connectivity index (χ0n) is 14.2. The first-order valence-electron chi connectivity index (χ1n) is 7.26. The lowest BCUT2D eigenvalue weighted by atomic mass is 9.86. The van der Waals surface area contributed by atoms with Crippen LogP contribution in [0.2, 0.25) is 0 Å². The average Bonchev–Trinajstić information content (AvgIpc) is 2.47. The molecule has 0 fully saturated rings. The minimum absolute atomic E-state index is 0.154. The molecule has 0 unspecified atom stereocenters. The lowest BCUT2D eigenvalue weighted by Crippen LogP contribution is -2.40. The fourth-order valence-electron chi connectivity index (χ4n) is 2.27. The van der Waals surface area contributed by atoms with Gasteiger partial charge in [-0.15, -0.1) is 0 Å². The fraction of sp³-hybridized carbons (Fsp3) is 0.375. The van der Waals surface area contributed by atoms with Crippen LogP contribution in [0, 0.1) is 0 Å². The van der Waals surface area contributed by atoms with Crippen LogP contribution < -0.4 is 15.4 Å². The molecule has 1 aromatic heterocycles. The molecule has 1 heterocycles. The van der Waals surface area contributed by atoms with Gasteiger partial charge in [0.05, 0.1) is 0 Å². The quantitative estimate of drug-likeness (QED) is 0.773. The number of aromatic nitrogens is 2. The van der Waals surface area contributed by atoms with E-state index in [1.54, 1.807) is 18.2 Å². The highest BCUT2D eigenvalue weighted by Crippen LogP contribution is 2.32. The van der Waals surface area contributed by atoms with Crippen LogP contribution in [0.4, 0.5) is 0 Å². The molecule has 0 aliphatic rings. The van der Waals surface area contributed by atoms with Gasteiger partial charge in [-0.05, 0) is 11.5 Å². The first-order chi connectivity index (χ1) is 10.9. The molecule has 0 atom stereocenters. The van der Waals surface area contributed by atoms with Gasteiger partial charge in [0.15, 0.2) is 4.90 Å². The van der Waals surface area contributed by atoms with E-state index >= 15 is 0 Å². The van der Waals surface area contributed by atoms with Crippen molar-refractivity contribution < 1.29 is 12.6 Å². The standard InChI is InChI=1S/C16H20N2O5S/c1-16(2,3)11-8-6-7-9-12(11)23-24(21,22)13-10-17(4)15(20)18(5)14(13)19/h6-10H,1-5H3. The Labute approximate surface area is 140 Å². The number of hydrogen-bond acceptors (Lipinski definition) is 5. The molecule has 0 saturated heterocycles. The van der Waals surface area contributed by atoms with Crippen molar-refractivity contribution >= 4 is 10.1 Å². The number of nitrogens with zero attached hydrogens (tertiary/aromatic N) is 2. The molecule has 7 nitrogen and oxygen atoms in total. The maximum atomic E-state index is 12.6. The number of benzene rings is 1. The Morgan fingerprint density at radius 3 is 2.21 bits per heavy atom. The van der Waals surface area contributed by atoms with Gasteiger partial charge in [0.25, 0.3) is 5.56 Å². The fourth-order valence-corrected chi connectivity index (χ4v) is 3.38. The second-order valence-electron chi connectivity index (χ2n) is 6.53. The Morgan fingerprint density at radius 1 is 1.04 bits per heavy atom. The summed E-state index contributed by atoms with van der Waals surface area (Å²) in [6.45, 7) is 5.77. The second kappa shape index (κ2) is 5.94. The van der Waals surface area contributed by atoms with Gasteiger partial charge in [-0.1, -0.05) is 39.0 Å². The third-order valence-electron chi connectivity index (χ3n) is 3.58. The molecule has 1 aromatic carbocycles. The van der Waals surface area contributed by atoms with Crippen molar-refractivity contribution in [2.75, 3.05) is 0 Å². The van der Waals surface area contributed by atoms with Crippen LogP contribution in [-0.2, 0) is 29.6 Å². The van der Waals surface area contributed by atoms with Crippen LogP contribution in [0.3, 0.4) is 0 Å². The highest BCUT2D eigenvalue weighted by molar-refractivity contribution is 7.87. The molecular formula is C16H20N2O5S. The normalized spacial score (nSPS) is 12.2. The van der Waals surface area contributed by atoms with Crippen molar-refractivity contribution in [1.29, 1.82) is 0 Å². The van der Waals surface area contributed by atoms with Crippen LogP contribution in [0.15, 0.2) is 44.9 Å². The summed E-state index contributed by atoms with van der Waals surface area (Å²) in [6.07, 6.45) is 0.972.